The Morgan fingerprint density at radius 2 is 1.78 bits per heavy atom. The molecule has 0 fully saturated rings. The third kappa shape index (κ3) is 5.96. The van der Waals surface area contributed by atoms with Crippen molar-refractivity contribution in [1.29, 1.82) is 0 Å². The van der Waals surface area contributed by atoms with Gasteiger partial charge in [0.15, 0.2) is 0 Å². The van der Waals surface area contributed by atoms with E-state index in [0.717, 1.165) is 35.1 Å². The van der Waals surface area contributed by atoms with Gasteiger partial charge in [-0.25, -0.2) is 4.39 Å². The Kier molecular flexibility index (Phi) is 7.88. The fourth-order valence-electron chi connectivity index (χ4n) is 5.29. The van der Waals surface area contributed by atoms with Gasteiger partial charge in [-0.2, -0.15) is 0 Å². The largest absolute Gasteiger partial charge is 0.497 e. The van der Waals surface area contributed by atoms with Gasteiger partial charge in [0.1, 0.15) is 23.9 Å². The lowest BCUT2D eigenvalue weighted by Crippen LogP contribution is -2.21. The van der Waals surface area contributed by atoms with Crippen LogP contribution in [0.25, 0.3) is 11.1 Å². The number of fused-ring (bicyclic) bond motifs is 1. The molecule has 37 heavy (non-hydrogen) atoms. The van der Waals surface area contributed by atoms with Gasteiger partial charge in [-0.15, -0.1) is 0 Å². The number of halogens is 1. The van der Waals surface area contributed by atoms with E-state index in [-0.39, 0.29) is 29.7 Å². The highest BCUT2D eigenvalue weighted by Crippen LogP contribution is 2.42. The number of carbonyl (C=O) groups is 1. The zero-order chi connectivity index (χ0) is 26.7. The summed E-state index contributed by atoms with van der Waals surface area (Å²) in [7, 11) is 3.23. The maximum absolute atomic E-state index is 15.0. The lowest BCUT2D eigenvalue weighted by Gasteiger charge is -2.32. The number of methoxy groups -OCH3 is 2. The van der Waals surface area contributed by atoms with Gasteiger partial charge in [0.05, 0.1) is 19.6 Å². The normalized spacial score (nSPS) is 15.8. The molecule has 3 aromatic carbocycles. The number of ether oxygens (including phenoxy) is 3. The first-order valence-corrected chi connectivity index (χ1v) is 12.6. The van der Waals surface area contributed by atoms with Crippen molar-refractivity contribution in [3.8, 4) is 22.6 Å². The highest BCUT2D eigenvalue weighted by atomic mass is 19.1. The number of hydrogen-bond donors (Lipinski definition) is 1. The van der Waals surface area contributed by atoms with Crippen molar-refractivity contribution in [3.63, 3.8) is 0 Å². The number of hydrogen-bond acceptors (Lipinski definition) is 4. The van der Waals surface area contributed by atoms with E-state index >= 15 is 0 Å². The van der Waals surface area contributed by atoms with Crippen LogP contribution in [0.4, 0.5) is 4.39 Å². The predicted molar refractivity (Wildman–Crippen MR) is 142 cm³/mol. The SMILES string of the molecule is COc1ccc(F)c(-c2ccc(COc3ccc4c(c3)[C@H](CC(=O)O)CC4)cc2[C@H](OC)C(C)(C)C)c1. The van der Waals surface area contributed by atoms with E-state index in [0.29, 0.717) is 23.7 Å². The summed E-state index contributed by atoms with van der Waals surface area (Å²) in [6.45, 7) is 6.59. The molecule has 0 heterocycles. The number of aliphatic carboxylic acids is 1. The highest BCUT2D eigenvalue weighted by molar-refractivity contribution is 5.71. The van der Waals surface area contributed by atoms with Crippen LogP contribution in [0.3, 0.4) is 0 Å². The Hall–Kier alpha value is -3.38. The van der Waals surface area contributed by atoms with Crippen molar-refractivity contribution >= 4 is 5.97 Å². The Morgan fingerprint density at radius 1 is 1.03 bits per heavy atom. The monoisotopic (exact) mass is 506 g/mol. The van der Waals surface area contributed by atoms with Gasteiger partial charge >= 0.3 is 5.97 Å². The zero-order valence-corrected chi connectivity index (χ0v) is 22.1. The van der Waals surface area contributed by atoms with Gasteiger partial charge in [0, 0.05) is 12.7 Å². The molecule has 0 amide bonds. The lowest BCUT2D eigenvalue weighted by atomic mass is 9.81. The third-order valence-electron chi connectivity index (χ3n) is 7.03. The molecular weight excluding hydrogens is 471 g/mol. The van der Waals surface area contributed by atoms with Gasteiger partial charge in [0.2, 0.25) is 0 Å². The van der Waals surface area contributed by atoms with Gasteiger partial charge in [0.25, 0.3) is 0 Å². The topological polar surface area (TPSA) is 65.0 Å². The molecule has 5 nitrogen and oxygen atoms in total. The first kappa shape index (κ1) is 26.7. The minimum Gasteiger partial charge on any atom is -0.497 e. The van der Waals surface area contributed by atoms with Crippen LogP contribution in [-0.4, -0.2) is 25.3 Å². The number of carboxylic acid groups (broad SMARTS) is 1. The standard InChI is InChI=1S/C31H35FO5/c1-31(2,3)30(36-5)27-14-19(6-12-24(27)26-16-22(35-4)11-13-28(26)32)18-37-23-10-9-20-7-8-21(15-29(33)34)25(20)17-23/h6,9-14,16-17,21,30H,7-8,15,18H2,1-5H3,(H,33,34)/t21-,30-/m0/s1. The van der Waals surface area contributed by atoms with Crippen LogP contribution >= 0.6 is 0 Å². The summed E-state index contributed by atoms with van der Waals surface area (Å²) in [6, 6.07) is 16.6. The highest BCUT2D eigenvalue weighted by Gasteiger charge is 2.30. The van der Waals surface area contributed by atoms with Crippen LogP contribution < -0.4 is 9.47 Å². The van der Waals surface area contributed by atoms with Crippen molar-refractivity contribution in [2.24, 2.45) is 5.41 Å². The fourth-order valence-corrected chi connectivity index (χ4v) is 5.29. The Balaban J connectivity index is 1.65. The fraction of sp³-hybridized carbons (Fsp3) is 0.387. The second-order valence-electron chi connectivity index (χ2n) is 10.7. The smallest absolute Gasteiger partial charge is 0.303 e. The summed E-state index contributed by atoms with van der Waals surface area (Å²) in [4.78, 5) is 11.3. The number of benzene rings is 3. The Morgan fingerprint density at radius 3 is 2.46 bits per heavy atom. The first-order valence-electron chi connectivity index (χ1n) is 12.6. The molecule has 0 aliphatic heterocycles. The number of carboxylic acids is 1. The summed E-state index contributed by atoms with van der Waals surface area (Å²) >= 11 is 0. The average Bonchev–Trinajstić information content (AvgIpc) is 3.24. The number of rotatable bonds is 9. The molecule has 1 aliphatic carbocycles. The van der Waals surface area contributed by atoms with E-state index in [2.05, 4.69) is 20.8 Å². The maximum atomic E-state index is 15.0. The first-order chi connectivity index (χ1) is 17.6. The predicted octanol–water partition coefficient (Wildman–Crippen LogP) is 7.32. The molecule has 4 rings (SSSR count). The van der Waals surface area contributed by atoms with E-state index < -0.39 is 5.97 Å². The van der Waals surface area contributed by atoms with Crippen molar-refractivity contribution in [2.75, 3.05) is 14.2 Å². The zero-order valence-electron chi connectivity index (χ0n) is 22.1. The Bertz CT molecular complexity index is 1280. The molecule has 0 spiro atoms. The molecular formula is C31H35FO5. The van der Waals surface area contributed by atoms with Crippen LogP contribution in [0.15, 0.2) is 54.6 Å². The number of aryl methyl sites for hydroxylation is 1. The second kappa shape index (κ2) is 10.9. The van der Waals surface area contributed by atoms with E-state index in [4.69, 9.17) is 14.2 Å². The van der Waals surface area contributed by atoms with Gasteiger partial charge < -0.3 is 19.3 Å². The van der Waals surface area contributed by atoms with Crippen molar-refractivity contribution in [3.05, 3.63) is 82.7 Å². The van der Waals surface area contributed by atoms with Gasteiger partial charge in [-0.05, 0) is 88.4 Å². The molecule has 0 bridgehead atoms. The average molecular weight is 507 g/mol. The van der Waals surface area contributed by atoms with Crippen molar-refractivity contribution in [1.82, 2.24) is 0 Å². The van der Waals surface area contributed by atoms with Crippen molar-refractivity contribution in [2.45, 2.75) is 58.7 Å². The molecule has 0 radical (unpaired) electrons. The molecule has 1 aliphatic rings. The molecule has 196 valence electrons. The minimum atomic E-state index is -0.782. The molecule has 0 saturated heterocycles. The summed E-state index contributed by atoms with van der Waals surface area (Å²) in [6.07, 6.45) is 1.59. The van der Waals surface area contributed by atoms with Crippen LogP contribution in [0.2, 0.25) is 0 Å². The minimum absolute atomic E-state index is 0.0222. The Labute approximate surface area is 218 Å². The summed E-state index contributed by atoms with van der Waals surface area (Å²) in [5.41, 5.74) is 5.02. The second-order valence-corrected chi connectivity index (χ2v) is 10.7. The van der Waals surface area contributed by atoms with Gasteiger partial charge in [-0.1, -0.05) is 39.0 Å². The van der Waals surface area contributed by atoms with E-state index in [1.807, 2.05) is 36.4 Å². The molecule has 3 aromatic rings. The van der Waals surface area contributed by atoms with Gasteiger partial charge in [-0.3, -0.25) is 4.79 Å². The lowest BCUT2D eigenvalue weighted by molar-refractivity contribution is -0.137. The quantitative estimate of drug-likeness (QED) is 0.329. The van der Waals surface area contributed by atoms with Crippen molar-refractivity contribution < 1.29 is 28.5 Å². The summed E-state index contributed by atoms with van der Waals surface area (Å²) in [5, 5.41) is 9.25. The van der Waals surface area contributed by atoms with Crippen LogP contribution in [-0.2, 0) is 22.6 Å². The molecule has 0 aromatic heterocycles. The molecule has 0 saturated carbocycles. The van der Waals surface area contributed by atoms with E-state index in [1.54, 1.807) is 26.4 Å². The van der Waals surface area contributed by atoms with E-state index in [9.17, 15) is 14.3 Å². The maximum Gasteiger partial charge on any atom is 0.303 e. The summed E-state index contributed by atoms with van der Waals surface area (Å²) in [5.74, 6) is 0.200. The molecule has 2 atom stereocenters. The van der Waals surface area contributed by atoms with Crippen LogP contribution in [0.5, 0.6) is 11.5 Å². The third-order valence-corrected chi connectivity index (χ3v) is 7.03. The molecule has 0 unspecified atom stereocenters. The van der Waals surface area contributed by atoms with E-state index in [1.165, 1.54) is 11.6 Å². The van der Waals surface area contributed by atoms with Crippen LogP contribution in [0, 0.1) is 11.2 Å². The summed E-state index contributed by atoms with van der Waals surface area (Å²) < 4.78 is 32.4. The molecule has 1 N–H and O–H groups in total. The molecule has 6 heteroatoms. The van der Waals surface area contributed by atoms with Crippen LogP contribution in [0.1, 0.15) is 67.9 Å².